The Kier molecular flexibility index (Phi) is 5.42. The quantitative estimate of drug-likeness (QED) is 0.675. The highest BCUT2D eigenvalue weighted by Crippen LogP contribution is 2.24. The van der Waals surface area contributed by atoms with Gasteiger partial charge in [0.2, 0.25) is 5.28 Å². The second kappa shape index (κ2) is 7.63. The number of nitrogens with one attached hydrogen (secondary N) is 1. The molecule has 2 heterocycles. The average Bonchev–Trinajstić information content (AvgIpc) is 3.13. The molecule has 1 amide bonds. The highest BCUT2D eigenvalue weighted by atomic mass is 35.5. The maximum atomic E-state index is 14.0. The molecule has 0 aliphatic carbocycles. The first-order valence-corrected chi connectivity index (χ1v) is 9.02. The van der Waals surface area contributed by atoms with Crippen LogP contribution in [0.4, 0.5) is 4.39 Å². The SMILES string of the molecule is Cc1cc(-c2nc(Cl)ncc2F)ccc1CNC(=O)c1cn(C(C)(C)C)nn1. The topological polar surface area (TPSA) is 85.6 Å². The van der Waals surface area contributed by atoms with Crippen molar-refractivity contribution in [2.45, 2.75) is 39.8 Å². The van der Waals surface area contributed by atoms with E-state index in [1.807, 2.05) is 33.8 Å². The smallest absolute Gasteiger partial charge is 0.273 e. The summed E-state index contributed by atoms with van der Waals surface area (Å²) in [6.07, 6.45) is 2.66. The molecule has 0 atom stereocenters. The van der Waals surface area contributed by atoms with Crippen LogP contribution in [0.25, 0.3) is 11.3 Å². The molecule has 0 unspecified atom stereocenters. The molecule has 2 aromatic heterocycles. The van der Waals surface area contributed by atoms with Gasteiger partial charge in [-0.1, -0.05) is 17.3 Å². The van der Waals surface area contributed by atoms with Crippen LogP contribution in [0.5, 0.6) is 0 Å². The van der Waals surface area contributed by atoms with E-state index in [1.54, 1.807) is 23.0 Å². The van der Waals surface area contributed by atoms with E-state index in [0.29, 0.717) is 12.1 Å². The Bertz CT molecular complexity index is 1030. The van der Waals surface area contributed by atoms with Crippen LogP contribution in [0.1, 0.15) is 42.4 Å². The first-order valence-electron chi connectivity index (χ1n) is 8.64. The van der Waals surface area contributed by atoms with E-state index in [2.05, 4.69) is 25.6 Å². The molecule has 7 nitrogen and oxygen atoms in total. The predicted octanol–water partition coefficient (Wildman–Crippen LogP) is 3.52. The van der Waals surface area contributed by atoms with Gasteiger partial charge in [-0.25, -0.2) is 19.0 Å². The molecule has 0 radical (unpaired) electrons. The molecule has 0 saturated heterocycles. The second-order valence-corrected chi connectivity index (χ2v) is 7.72. The number of benzene rings is 1. The fourth-order valence-corrected chi connectivity index (χ4v) is 2.68. The van der Waals surface area contributed by atoms with Crippen LogP contribution in [0, 0.1) is 12.7 Å². The van der Waals surface area contributed by atoms with Crippen LogP contribution >= 0.6 is 11.6 Å². The number of hydrogen-bond donors (Lipinski definition) is 1. The van der Waals surface area contributed by atoms with E-state index in [-0.39, 0.29) is 28.1 Å². The average molecular weight is 403 g/mol. The van der Waals surface area contributed by atoms with Crippen LogP contribution in [0.15, 0.2) is 30.6 Å². The summed E-state index contributed by atoms with van der Waals surface area (Å²) in [6, 6.07) is 5.33. The highest BCUT2D eigenvalue weighted by molar-refractivity contribution is 6.28. The molecule has 9 heteroatoms. The summed E-state index contributed by atoms with van der Waals surface area (Å²) in [5.41, 5.74) is 2.49. The lowest BCUT2D eigenvalue weighted by Crippen LogP contribution is -2.24. The molecule has 0 fully saturated rings. The third kappa shape index (κ3) is 4.33. The Morgan fingerprint density at radius 3 is 2.71 bits per heavy atom. The molecule has 1 aromatic carbocycles. The van der Waals surface area contributed by atoms with Gasteiger partial charge in [0.15, 0.2) is 11.5 Å². The number of carbonyl (C=O) groups is 1. The van der Waals surface area contributed by atoms with Gasteiger partial charge >= 0.3 is 0 Å². The number of amides is 1. The third-order valence-corrected chi connectivity index (χ3v) is 4.37. The van der Waals surface area contributed by atoms with Gasteiger partial charge in [0.05, 0.1) is 17.9 Å². The van der Waals surface area contributed by atoms with Crippen molar-refractivity contribution in [2.24, 2.45) is 0 Å². The van der Waals surface area contributed by atoms with Crippen LogP contribution in [-0.2, 0) is 12.1 Å². The third-order valence-electron chi connectivity index (χ3n) is 4.18. The molecule has 3 aromatic rings. The van der Waals surface area contributed by atoms with Crippen LogP contribution in [0.3, 0.4) is 0 Å². The minimum atomic E-state index is -0.549. The predicted molar refractivity (Wildman–Crippen MR) is 103 cm³/mol. The van der Waals surface area contributed by atoms with Gasteiger partial charge in [-0.05, 0) is 56.5 Å². The minimum Gasteiger partial charge on any atom is -0.347 e. The molecule has 0 aliphatic rings. The van der Waals surface area contributed by atoms with E-state index >= 15 is 0 Å². The first-order chi connectivity index (χ1) is 13.1. The standard InChI is InChI=1S/C19H20ClFN6O/c1-11-7-12(16-14(21)9-23-18(20)24-16)5-6-13(11)8-22-17(28)15-10-27(26-25-15)19(2,3)4/h5-7,9-10H,8H2,1-4H3,(H,22,28). The van der Waals surface area contributed by atoms with Gasteiger partial charge in [-0.2, -0.15) is 0 Å². The Labute approximate surface area is 167 Å². The van der Waals surface area contributed by atoms with Gasteiger partial charge < -0.3 is 5.32 Å². The van der Waals surface area contributed by atoms with E-state index in [0.717, 1.165) is 17.3 Å². The molecule has 146 valence electrons. The molecular weight excluding hydrogens is 383 g/mol. The summed E-state index contributed by atoms with van der Waals surface area (Å²) in [6.45, 7) is 8.10. The van der Waals surface area contributed by atoms with Crippen molar-refractivity contribution >= 4 is 17.5 Å². The number of aryl methyl sites for hydroxylation is 1. The summed E-state index contributed by atoms with van der Waals surface area (Å²) in [5, 5.41) is 10.7. The van der Waals surface area contributed by atoms with Crippen molar-refractivity contribution in [1.29, 1.82) is 0 Å². The van der Waals surface area contributed by atoms with Gasteiger partial charge in [0, 0.05) is 12.1 Å². The first kappa shape index (κ1) is 19.9. The second-order valence-electron chi connectivity index (χ2n) is 7.38. The summed E-state index contributed by atoms with van der Waals surface area (Å²) in [7, 11) is 0. The number of carbonyl (C=O) groups excluding carboxylic acids is 1. The summed E-state index contributed by atoms with van der Waals surface area (Å²) in [4.78, 5) is 19.9. The Hall–Kier alpha value is -2.87. The van der Waals surface area contributed by atoms with Crippen LogP contribution in [-0.4, -0.2) is 30.9 Å². The summed E-state index contributed by atoms with van der Waals surface area (Å²) < 4.78 is 15.6. The number of aromatic nitrogens is 5. The zero-order valence-corrected chi connectivity index (χ0v) is 16.8. The molecule has 0 aliphatic heterocycles. The maximum Gasteiger partial charge on any atom is 0.273 e. The van der Waals surface area contributed by atoms with Gasteiger partial charge in [0.1, 0.15) is 5.69 Å². The number of hydrogen-bond acceptors (Lipinski definition) is 5. The largest absolute Gasteiger partial charge is 0.347 e. The fourth-order valence-electron chi connectivity index (χ4n) is 2.55. The Morgan fingerprint density at radius 1 is 1.32 bits per heavy atom. The number of nitrogens with zero attached hydrogens (tertiary/aromatic N) is 5. The van der Waals surface area contributed by atoms with Crippen molar-refractivity contribution in [2.75, 3.05) is 0 Å². The molecule has 3 rings (SSSR count). The Morgan fingerprint density at radius 2 is 2.07 bits per heavy atom. The van der Waals surface area contributed by atoms with Crippen LogP contribution in [0.2, 0.25) is 5.28 Å². The maximum absolute atomic E-state index is 14.0. The monoisotopic (exact) mass is 402 g/mol. The van der Waals surface area contributed by atoms with Gasteiger partial charge in [-0.3, -0.25) is 4.79 Å². The molecule has 0 saturated carbocycles. The zero-order valence-electron chi connectivity index (χ0n) is 16.0. The molecule has 0 spiro atoms. The summed E-state index contributed by atoms with van der Waals surface area (Å²) in [5.74, 6) is -0.862. The zero-order chi connectivity index (χ0) is 20.5. The van der Waals surface area contributed by atoms with Crippen LogP contribution < -0.4 is 5.32 Å². The van der Waals surface area contributed by atoms with Crippen molar-refractivity contribution in [3.63, 3.8) is 0 Å². The summed E-state index contributed by atoms with van der Waals surface area (Å²) >= 11 is 5.76. The normalized spacial score (nSPS) is 11.5. The van der Waals surface area contributed by atoms with Gasteiger partial charge in [0.25, 0.3) is 5.91 Å². The van der Waals surface area contributed by atoms with Crippen molar-refractivity contribution in [3.05, 3.63) is 58.5 Å². The van der Waals surface area contributed by atoms with E-state index in [4.69, 9.17) is 11.6 Å². The number of halogens is 2. The lowest BCUT2D eigenvalue weighted by Gasteiger charge is -2.17. The van der Waals surface area contributed by atoms with Crippen molar-refractivity contribution < 1.29 is 9.18 Å². The lowest BCUT2D eigenvalue weighted by molar-refractivity contribution is 0.0945. The van der Waals surface area contributed by atoms with E-state index in [1.165, 1.54) is 0 Å². The van der Waals surface area contributed by atoms with E-state index < -0.39 is 5.82 Å². The molecule has 28 heavy (non-hydrogen) atoms. The fraction of sp³-hybridized carbons (Fsp3) is 0.316. The number of rotatable bonds is 4. The minimum absolute atomic E-state index is 0.0197. The Balaban J connectivity index is 1.72. The molecule has 1 N–H and O–H groups in total. The van der Waals surface area contributed by atoms with Gasteiger partial charge in [-0.15, -0.1) is 5.10 Å². The molecular formula is C19H20ClFN6O. The van der Waals surface area contributed by atoms with E-state index in [9.17, 15) is 9.18 Å². The lowest BCUT2D eigenvalue weighted by atomic mass is 10.0. The molecule has 0 bridgehead atoms. The van der Waals surface area contributed by atoms with Crippen molar-refractivity contribution in [3.8, 4) is 11.3 Å². The van der Waals surface area contributed by atoms with Crippen molar-refractivity contribution in [1.82, 2.24) is 30.3 Å². The highest BCUT2D eigenvalue weighted by Gasteiger charge is 2.18.